The molecule has 1 heterocycles. The van der Waals surface area contributed by atoms with Crippen LogP contribution in [0.2, 0.25) is 0 Å². The Labute approximate surface area is 72.5 Å². The first-order valence-electron chi connectivity index (χ1n) is 3.09. The second kappa shape index (κ2) is 3.31. The van der Waals surface area contributed by atoms with Gasteiger partial charge in [-0.05, 0) is 0 Å². The minimum Gasteiger partial charge on any atom is -0.410 e. The molecule has 5 nitrogen and oxygen atoms in total. The molecule has 0 saturated heterocycles. The van der Waals surface area contributed by atoms with Gasteiger partial charge in [0, 0.05) is 12.3 Å². The maximum absolute atomic E-state index is 10.8. The van der Waals surface area contributed by atoms with Crippen molar-refractivity contribution in [2.45, 2.75) is 6.92 Å². The average Bonchev–Trinajstić information content (AvgIpc) is 2.37. The number of rotatable bonds is 2. The molecule has 0 fully saturated rings. The fourth-order valence-corrected chi connectivity index (χ4v) is 1.25. The Morgan fingerprint density at radius 3 is 2.83 bits per heavy atom. The molecule has 1 aromatic heterocycles. The Hall–Kier alpha value is -1.43. The van der Waals surface area contributed by atoms with Gasteiger partial charge in [-0.2, -0.15) is 0 Å². The number of ketones is 1. The molecule has 3 N–H and O–H groups in total. The van der Waals surface area contributed by atoms with E-state index in [-0.39, 0.29) is 11.5 Å². The molecule has 0 aliphatic heterocycles. The lowest BCUT2D eigenvalue weighted by Crippen LogP contribution is -2.12. The van der Waals surface area contributed by atoms with E-state index in [2.05, 4.69) is 10.1 Å². The lowest BCUT2D eigenvalue weighted by atomic mass is 10.2. The molecule has 0 unspecified atom stereocenters. The summed E-state index contributed by atoms with van der Waals surface area (Å²) in [4.78, 5) is 14.6. The van der Waals surface area contributed by atoms with E-state index in [1.807, 2.05) is 0 Å². The summed E-state index contributed by atoms with van der Waals surface area (Å²) >= 11 is 1.19. The Kier molecular flexibility index (Phi) is 2.39. The summed E-state index contributed by atoms with van der Waals surface area (Å²) in [7, 11) is 0. The zero-order chi connectivity index (χ0) is 9.14. The van der Waals surface area contributed by atoms with Crippen LogP contribution in [-0.4, -0.2) is 21.7 Å². The van der Waals surface area contributed by atoms with Crippen molar-refractivity contribution in [1.29, 1.82) is 0 Å². The number of nitrogens with zero attached hydrogens (tertiary/aromatic N) is 2. The number of nitrogens with two attached hydrogens (primary N) is 1. The zero-order valence-electron chi connectivity index (χ0n) is 6.31. The van der Waals surface area contributed by atoms with Crippen molar-refractivity contribution in [2.75, 3.05) is 5.73 Å². The van der Waals surface area contributed by atoms with Crippen LogP contribution in [0.15, 0.2) is 10.5 Å². The lowest BCUT2D eigenvalue weighted by molar-refractivity contribution is -0.111. The maximum atomic E-state index is 10.8. The minimum absolute atomic E-state index is 0.0667. The van der Waals surface area contributed by atoms with Crippen LogP contribution in [0.3, 0.4) is 0 Å². The van der Waals surface area contributed by atoms with Crippen molar-refractivity contribution < 1.29 is 10.0 Å². The summed E-state index contributed by atoms with van der Waals surface area (Å²) < 4.78 is 0. The van der Waals surface area contributed by atoms with E-state index in [1.165, 1.54) is 18.3 Å². The fourth-order valence-electron chi connectivity index (χ4n) is 0.698. The van der Waals surface area contributed by atoms with Crippen molar-refractivity contribution in [3.05, 3.63) is 11.1 Å². The Morgan fingerprint density at radius 2 is 2.50 bits per heavy atom. The first-order valence-corrected chi connectivity index (χ1v) is 3.97. The predicted molar refractivity (Wildman–Crippen MR) is 45.5 cm³/mol. The molecule has 0 spiro atoms. The van der Waals surface area contributed by atoms with Gasteiger partial charge in [0.1, 0.15) is 5.69 Å². The highest BCUT2D eigenvalue weighted by atomic mass is 32.1. The molecule has 0 amide bonds. The zero-order valence-corrected chi connectivity index (χ0v) is 7.13. The minimum atomic E-state index is -0.345. The van der Waals surface area contributed by atoms with Gasteiger partial charge in [-0.25, -0.2) is 4.98 Å². The van der Waals surface area contributed by atoms with Gasteiger partial charge in [0.25, 0.3) is 0 Å². The molecule has 0 saturated carbocycles. The molecule has 0 atom stereocenters. The Balaban J connectivity index is 3.04. The number of carbonyl (C=O) groups excluding carboxylic acids is 1. The molecule has 0 aromatic carbocycles. The van der Waals surface area contributed by atoms with Crippen LogP contribution in [0.5, 0.6) is 0 Å². The first-order chi connectivity index (χ1) is 5.65. The molecule has 0 aliphatic rings. The van der Waals surface area contributed by atoms with Crippen LogP contribution in [0.25, 0.3) is 0 Å². The van der Waals surface area contributed by atoms with Gasteiger partial charge in [-0.3, -0.25) is 4.79 Å². The third kappa shape index (κ3) is 1.59. The second-order valence-corrected chi connectivity index (χ2v) is 2.97. The number of aromatic nitrogens is 1. The van der Waals surface area contributed by atoms with E-state index < -0.39 is 0 Å². The number of anilines is 1. The molecular weight excluding hydrogens is 178 g/mol. The summed E-state index contributed by atoms with van der Waals surface area (Å²) in [6.45, 7) is 1.30. The second-order valence-electron chi connectivity index (χ2n) is 2.08. The number of nitrogen functional groups attached to an aromatic ring is 1. The predicted octanol–water partition coefficient (Wildman–Crippen LogP) is 0.493. The third-order valence-electron chi connectivity index (χ3n) is 1.20. The van der Waals surface area contributed by atoms with Crippen LogP contribution in [0, 0.1) is 0 Å². The highest BCUT2D eigenvalue weighted by molar-refractivity contribution is 7.13. The van der Waals surface area contributed by atoms with Crippen molar-refractivity contribution in [3.8, 4) is 0 Å². The van der Waals surface area contributed by atoms with Crippen molar-refractivity contribution in [1.82, 2.24) is 4.98 Å². The summed E-state index contributed by atoms with van der Waals surface area (Å²) in [5, 5.41) is 13.2. The maximum Gasteiger partial charge on any atom is 0.183 e. The molecule has 6 heteroatoms. The molecule has 64 valence electrons. The average molecular weight is 185 g/mol. The monoisotopic (exact) mass is 185 g/mol. The molecule has 0 aliphatic carbocycles. The molecule has 0 bridgehead atoms. The van der Waals surface area contributed by atoms with Crippen LogP contribution in [-0.2, 0) is 4.79 Å². The number of hydrogen-bond donors (Lipinski definition) is 2. The molecular formula is C6H7N3O2S. The topological polar surface area (TPSA) is 88.6 Å². The van der Waals surface area contributed by atoms with E-state index in [0.717, 1.165) is 0 Å². The number of thiazole rings is 1. The fraction of sp³-hybridized carbons (Fsp3) is 0.167. The largest absolute Gasteiger partial charge is 0.410 e. The first kappa shape index (κ1) is 8.66. The highest BCUT2D eigenvalue weighted by Gasteiger charge is 2.12. The molecule has 1 rings (SSSR count). The summed E-state index contributed by atoms with van der Waals surface area (Å²) in [5.41, 5.74) is 5.58. The van der Waals surface area contributed by atoms with Gasteiger partial charge in [-0.1, -0.05) is 5.16 Å². The van der Waals surface area contributed by atoms with Gasteiger partial charge < -0.3 is 10.9 Å². The molecule has 0 radical (unpaired) electrons. The quantitative estimate of drug-likeness (QED) is 0.398. The van der Waals surface area contributed by atoms with Gasteiger partial charge in [0.05, 0.1) is 0 Å². The normalized spacial score (nSPS) is 11.6. The van der Waals surface area contributed by atoms with E-state index in [1.54, 1.807) is 5.38 Å². The Bertz CT molecular complexity index is 331. The molecule has 12 heavy (non-hydrogen) atoms. The third-order valence-corrected chi connectivity index (χ3v) is 1.87. The van der Waals surface area contributed by atoms with E-state index in [4.69, 9.17) is 10.9 Å². The van der Waals surface area contributed by atoms with Gasteiger partial charge in [0.2, 0.25) is 0 Å². The van der Waals surface area contributed by atoms with E-state index >= 15 is 0 Å². The summed E-state index contributed by atoms with van der Waals surface area (Å²) in [5.74, 6) is -0.345. The SMILES string of the molecule is CC(=O)/C(=N\O)c1csc(N)n1. The van der Waals surface area contributed by atoms with Crippen LogP contribution >= 0.6 is 11.3 Å². The van der Waals surface area contributed by atoms with E-state index in [0.29, 0.717) is 10.8 Å². The number of carbonyl (C=O) groups is 1. The lowest BCUT2D eigenvalue weighted by Gasteiger charge is -1.92. The van der Waals surface area contributed by atoms with Gasteiger partial charge in [0.15, 0.2) is 16.6 Å². The van der Waals surface area contributed by atoms with Crippen LogP contribution in [0.4, 0.5) is 5.13 Å². The summed E-state index contributed by atoms with van der Waals surface area (Å²) in [6.07, 6.45) is 0. The van der Waals surface area contributed by atoms with Crippen molar-refractivity contribution in [2.24, 2.45) is 5.16 Å². The standard InChI is InChI=1S/C6H7N3O2S/c1-3(10)5(9-11)4-2-12-6(7)8-4/h2,11H,1H3,(H2,7,8)/b9-5+. The number of Topliss-reactive ketones (excluding diaryl/α,β-unsaturated/α-hetero) is 1. The van der Waals surface area contributed by atoms with Crippen molar-refractivity contribution in [3.63, 3.8) is 0 Å². The Morgan fingerprint density at radius 1 is 1.83 bits per heavy atom. The van der Waals surface area contributed by atoms with Gasteiger partial charge in [-0.15, -0.1) is 11.3 Å². The van der Waals surface area contributed by atoms with Gasteiger partial charge >= 0.3 is 0 Å². The summed E-state index contributed by atoms with van der Waals surface area (Å²) in [6, 6.07) is 0. The highest BCUT2D eigenvalue weighted by Crippen LogP contribution is 2.12. The van der Waals surface area contributed by atoms with Crippen molar-refractivity contribution >= 4 is 28.0 Å². The van der Waals surface area contributed by atoms with Crippen LogP contribution < -0.4 is 5.73 Å². The molecule has 1 aromatic rings. The van der Waals surface area contributed by atoms with E-state index in [9.17, 15) is 4.79 Å². The number of oxime groups is 1. The van der Waals surface area contributed by atoms with Crippen LogP contribution in [0.1, 0.15) is 12.6 Å². The smallest absolute Gasteiger partial charge is 0.183 e. The number of hydrogen-bond acceptors (Lipinski definition) is 6.